The summed E-state index contributed by atoms with van der Waals surface area (Å²) < 4.78 is 40.7. The van der Waals surface area contributed by atoms with E-state index in [1.54, 1.807) is 13.0 Å². The zero-order valence-electron chi connectivity index (χ0n) is 10.1. The molecule has 1 amide bonds. The highest BCUT2D eigenvalue weighted by molar-refractivity contribution is 6.00. The second kappa shape index (κ2) is 3.76. The zero-order chi connectivity index (χ0) is 13.8. The van der Waals surface area contributed by atoms with E-state index in [0.717, 1.165) is 6.07 Å². The predicted molar refractivity (Wildman–Crippen MR) is 64.0 cm³/mol. The van der Waals surface area contributed by atoms with Crippen LogP contribution in [0.1, 0.15) is 29.0 Å². The molecular formula is C13H11F3N2O. The van der Waals surface area contributed by atoms with Crippen LogP contribution in [0, 0.1) is 0 Å². The maximum absolute atomic E-state index is 13.1. The molecule has 0 saturated carbocycles. The molecule has 1 unspecified atom stereocenters. The number of benzene rings is 1. The van der Waals surface area contributed by atoms with Gasteiger partial charge in [0.25, 0.3) is 5.91 Å². The van der Waals surface area contributed by atoms with Crippen LogP contribution in [-0.2, 0) is 6.18 Å². The van der Waals surface area contributed by atoms with Gasteiger partial charge in [0.15, 0.2) is 0 Å². The van der Waals surface area contributed by atoms with Crippen molar-refractivity contribution in [2.24, 2.45) is 0 Å². The van der Waals surface area contributed by atoms with Crippen LogP contribution in [0.15, 0.2) is 24.3 Å². The van der Waals surface area contributed by atoms with Crippen molar-refractivity contribution in [3.05, 3.63) is 35.5 Å². The minimum absolute atomic E-state index is 0.0901. The SMILES string of the molecule is CC1CNC(=O)c2cc3cccc(C(F)(F)F)c3n21. The Balaban J connectivity index is 2.41. The fourth-order valence-electron chi connectivity index (χ4n) is 2.57. The van der Waals surface area contributed by atoms with Crippen molar-refractivity contribution >= 4 is 16.8 Å². The van der Waals surface area contributed by atoms with Gasteiger partial charge in [-0.2, -0.15) is 13.2 Å². The monoisotopic (exact) mass is 268 g/mol. The van der Waals surface area contributed by atoms with Crippen LogP contribution < -0.4 is 5.32 Å². The first-order chi connectivity index (χ1) is 8.89. The van der Waals surface area contributed by atoms with E-state index in [4.69, 9.17) is 0 Å². The average Bonchev–Trinajstić information content (AvgIpc) is 2.73. The molecule has 1 aliphatic rings. The highest BCUT2D eigenvalue weighted by Gasteiger charge is 2.36. The van der Waals surface area contributed by atoms with Crippen molar-refractivity contribution in [3.8, 4) is 0 Å². The summed E-state index contributed by atoms with van der Waals surface area (Å²) in [4.78, 5) is 11.7. The first-order valence-corrected chi connectivity index (χ1v) is 5.89. The van der Waals surface area contributed by atoms with Crippen molar-refractivity contribution in [1.82, 2.24) is 9.88 Å². The Kier molecular flexibility index (Phi) is 2.39. The number of rotatable bonds is 0. The third kappa shape index (κ3) is 1.70. The standard InChI is InChI=1S/C13H11F3N2O/c1-7-6-17-12(19)10-5-8-3-2-4-9(13(14,15)16)11(8)18(7)10/h2-5,7H,6H2,1H3,(H,17,19). The van der Waals surface area contributed by atoms with Gasteiger partial charge in [-0.15, -0.1) is 0 Å². The maximum atomic E-state index is 13.1. The number of hydrogen-bond donors (Lipinski definition) is 1. The summed E-state index contributed by atoms with van der Waals surface area (Å²) in [5, 5.41) is 3.10. The molecule has 100 valence electrons. The lowest BCUT2D eigenvalue weighted by Gasteiger charge is -2.25. The molecule has 1 N–H and O–H groups in total. The fraction of sp³-hybridized carbons (Fsp3) is 0.308. The third-order valence-corrected chi connectivity index (χ3v) is 3.40. The molecule has 0 fully saturated rings. The van der Waals surface area contributed by atoms with E-state index in [1.807, 2.05) is 0 Å². The molecule has 0 saturated heterocycles. The van der Waals surface area contributed by atoms with Crippen LogP contribution in [-0.4, -0.2) is 17.0 Å². The summed E-state index contributed by atoms with van der Waals surface area (Å²) in [7, 11) is 0. The number of alkyl halides is 3. The number of amides is 1. The van der Waals surface area contributed by atoms with Crippen molar-refractivity contribution in [3.63, 3.8) is 0 Å². The van der Waals surface area contributed by atoms with Crippen LogP contribution in [0.5, 0.6) is 0 Å². The van der Waals surface area contributed by atoms with Gasteiger partial charge in [-0.25, -0.2) is 0 Å². The molecule has 1 atom stereocenters. The van der Waals surface area contributed by atoms with Crippen molar-refractivity contribution < 1.29 is 18.0 Å². The third-order valence-electron chi connectivity index (χ3n) is 3.40. The summed E-state index contributed by atoms with van der Waals surface area (Å²) in [5.41, 5.74) is -0.324. The van der Waals surface area contributed by atoms with Crippen LogP contribution in [0.2, 0.25) is 0 Å². The maximum Gasteiger partial charge on any atom is 0.418 e. The Hall–Kier alpha value is -1.98. The van der Waals surface area contributed by atoms with E-state index in [2.05, 4.69) is 5.32 Å². The van der Waals surface area contributed by atoms with Gasteiger partial charge in [-0.3, -0.25) is 4.79 Å². The topological polar surface area (TPSA) is 34.0 Å². The summed E-state index contributed by atoms with van der Waals surface area (Å²) >= 11 is 0. The first-order valence-electron chi connectivity index (χ1n) is 5.89. The molecule has 1 aromatic heterocycles. The Morgan fingerprint density at radius 1 is 1.37 bits per heavy atom. The molecule has 1 aliphatic heterocycles. The minimum atomic E-state index is -4.43. The number of carbonyl (C=O) groups excluding carboxylic acids is 1. The highest BCUT2D eigenvalue weighted by Crippen LogP contribution is 2.37. The number of aromatic nitrogens is 1. The Morgan fingerprint density at radius 3 is 2.79 bits per heavy atom. The molecule has 0 radical (unpaired) electrons. The van der Waals surface area contributed by atoms with Gasteiger partial charge in [0, 0.05) is 18.0 Å². The Bertz CT molecular complexity index is 672. The van der Waals surface area contributed by atoms with Gasteiger partial charge in [0.1, 0.15) is 5.69 Å². The number of fused-ring (bicyclic) bond motifs is 3. The van der Waals surface area contributed by atoms with Gasteiger partial charge in [0.2, 0.25) is 0 Å². The number of nitrogens with zero attached hydrogens (tertiary/aromatic N) is 1. The number of hydrogen-bond acceptors (Lipinski definition) is 1. The van der Waals surface area contributed by atoms with Gasteiger partial charge >= 0.3 is 6.18 Å². The van der Waals surface area contributed by atoms with Gasteiger partial charge in [-0.05, 0) is 19.1 Å². The molecular weight excluding hydrogens is 257 g/mol. The average molecular weight is 268 g/mol. The number of para-hydroxylation sites is 1. The fourth-order valence-corrected chi connectivity index (χ4v) is 2.57. The van der Waals surface area contributed by atoms with Gasteiger partial charge in [-0.1, -0.05) is 12.1 Å². The van der Waals surface area contributed by atoms with Crippen LogP contribution in [0.25, 0.3) is 10.9 Å². The number of carbonyl (C=O) groups is 1. The second-order valence-electron chi connectivity index (χ2n) is 4.70. The largest absolute Gasteiger partial charge is 0.418 e. The number of nitrogens with one attached hydrogen (secondary N) is 1. The van der Waals surface area contributed by atoms with E-state index in [-0.39, 0.29) is 23.2 Å². The first kappa shape index (κ1) is 12.1. The Morgan fingerprint density at radius 2 is 2.11 bits per heavy atom. The summed E-state index contributed by atoms with van der Waals surface area (Å²) in [6.07, 6.45) is -4.43. The molecule has 19 heavy (non-hydrogen) atoms. The molecule has 0 spiro atoms. The molecule has 2 heterocycles. The smallest absolute Gasteiger partial charge is 0.349 e. The highest BCUT2D eigenvalue weighted by atomic mass is 19.4. The summed E-state index contributed by atoms with van der Waals surface area (Å²) in [6, 6.07) is 5.31. The van der Waals surface area contributed by atoms with E-state index >= 15 is 0 Å². The Labute approximate surface area is 107 Å². The van der Waals surface area contributed by atoms with Crippen molar-refractivity contribution in [1.29, 1.82) is 0 Å². The van der Waals surface area contributed by atoms with Crippen LogP contribution in [0.3, 0.4) is 0 Å². The summed E-state index contributed by atoms with van der Waals surface area (Å²) in [5.74, 6) is -0.331. The van der Waals surface area contributed by atoms with E-state index in [9.17, 15) is 18.0 Å². The molecule has 0 aliphatic carbocycles. The van der Waals surface area contributed by atoms with Crippen molar-refractivity contribution in [2.75, 3.05) is 6.54 Å². The lowest BCUT2D eigenvalue weighted by Crippen LogP contribution is -2.37. The minimum Gasteiger partial charge on any atom is -0.349 e. The van der Waals surface area contributed by atoms with E-state index in [1.165, 1.54) is 16.7 Å². The second-order valence-corrected chi connectivity index (χ2v) is 4.70. The quantitative estimate of drug-likeness (QED) is 0.783. The predicted octanol–water partition coefficient (Wildman–Crippen LogP) is 2.96. The normalized spacial score (nSPS) is 19.4. The van der Waals surface area contributed by atoms with E-state index < -0.39 is 11.7 Å². The van der Waals surface area contributed by atoms with Gasteiger partial charge < -0.3 is 9.88 Å². The molecule has 6 heteroatoms. The van der Waals surface area contributed by atoms with E-state index in [0.29, 0.717) is 11.9 Å². The number of halogens is 3. The van der Waals surface area contributed by atoms with Crippen LogP contribution >= 0.6 is 0 Å². The zero-order valence-corrected chi connectivity index (χ0v) is 10.1. The molecule has 3 rings (SSSR count). The van der Waals surface area contributed by atoms with Crippen molar-refractivity contribution in [2.45, 2.75) is 19.1 Å². The molecule has 0 bridgehead atoms. The van der Waals surface area contributed by atoms with Crippen LogP contribution in [0.4, 0.5) is 13.2 Å². The van der Waals surface area contributed by atoms with Gasteiger partial charge in [0.05, 0.1) is 11.1 Å². The molecule has 3 nitrogen and oxygen atoms in total. The lowest BCUT2D eigenvalue weighted by molar-refractivity contribution is -0.136. The molecule has 1 aromatic carbocycles. The molecule has 2 aromatic rings. The summed E-state index contributed by atoms with van der Waals surface area (Å²) in [6.45, 7) is 2.12. The lowest BCUT2D eigenvalue weighted by atomic mass is 10.1.